The lowest BCUT2D eigenvalue weighted by molar-refractivity contribution is 0.127. The van der Waals surface area contributed by atoms with Crippen LogP contribution in [0.5, 0.6) is 5.75 Å². The van der Waals surface area contributed by atoms with Crippen molar-refractivity contribution in [3.8, 4) is 22.9 Å². The molecule has 0 aliphatic carbocycles. The van der Waals surface area contributed by atoms with Gasteiger partial charge in [-0.2, -0.15) is 5.26 Å². The van der Waals surface area contributed by atoms with Gasteiger partial charge in [0, 0.05) is 45.8 Å². The fourth-order valence-electron chi connectivity index (χ4n) is 5.70. The van der Waals surface area contributed by atoms with E-state index in [1.54, 1.807) is 4.90 Å². The Morgan fingerprint density at radius 1 is 0.842 bits per heavy atom. The van der Waals surface area contributed by atoms with Gasteiger partial charge in [-0.05, 0) is 73.9 Å². The molecule has 0 unspecified atom stereocenters. The van der Waals surface area contributed by atoms with Crippen LogP contribution in [0.3, 0.4) is 0 Å². The molecule has 3 aliphatic rings. The Morgan fingerprint density at radius 2 is 1.39 bits per heavy atom. The fourth-order valence-corrected chi connectivity index (χ4v) is 5.70. The molecule has 200 valence electrons. The van der Waals surface area contributed by atoms with Gasteiger partial charge in [-0.25, -0.2) is 14.5 Å². The third-order valence-electron chi connectivity index (χ3n) is 7.87. The van der Waals surface area contributed by atoms with Crippen LogP contribution in [-0.2, 0) is 0 Å². The van der Waals surface area contributed by atoms with Crippen molar-refractivity contribution in [2.24, 2.45) is 0 Å². The predicted molar refractivity (Wildman–Crippen MR) is 146 cm³/mol. The lowest BCUT2D eigenvalue weighted by atomic mass is 10.0. The van der Waals surface area contributed by atoms with Crippen LogP contribution in [0, 0.1) is 11.3 Å². The quantitative estimate of drug-likeness (QED) is 0.495. The van der Waals surface area contributed by atoms with E-state index in [1.165, 1.54) is 0 Å². The number of urea groups is 2. The van der Waals surface area contributed by atoms with Crippen LogP contribution in [-0.4, -0.2) is 90.1 Å². The molecule has 4 amide bonds. The number of carbonyl (C=O) groups is 2. The van der Waals surface area contributed by atoms with Crippen LogP contribution in [0.4, 0.5) is 9.59 Å². The zero-order valence-corrected chi connectivity index (χ0v) is 22.1. The summed E-state index contributed by atoms with van der Waals surface area (Å²) in [6.07, 6.45) is 5.79. The topological polar surface area (TPSA) is 80.1 Å². The summed E-state index contributed by atoms with van der Waals surface area (Å²) in [5.74, 6) is 0.834. The van der Waals surface area contributed by atoms with E-state index < -0.39 is 0 Å². The van der Waals surface area contributed by atoms with Gasteiger partial charge in [0.15, 0.2) is 0 Å². The zero-order valence-electron chi connectivity index (χ0n) is 22.1. The van der Waals surface area contributed by atoms with Crippen LogP contribution < -0.4 is 4.74 Å². The zero-order chi connectivity index (χ0) is 26.3. The number of nitrogens with zero attached hydrogens (tertiary/aromatic N) is 5. The lowest BCUT2D eigenvalue weighted by Gasteiger charge is -2.34. The summed E-state index contributed by atoms with van der Waals surface area (Å²) in [5.41, 5.74) is 2.81. The third-order valence-corrected chi connectivity index (χ3v) is 7.87. The Labute approximate surface area is 225 Å². The van der Waals surface area contributed by atoms with Gasteiger partial charge in [0.05, 0.1) is 24.3 Å². The second kappa shape index (κ2) is 12.3. The SMILES string of the molecule is N#Cc1ccc(-c2ccc(OCCCN3CC[C@@H](N(C(=O)N4CCCC4)C(=O)N4CCCC4)C3)cc2)cc1. The Hall–Kier alpha value is -3.57. The summed E-state index contributed by atoms with van der Waals surface area (Å²) < 4.78 is 5.98. The van der Waals surface area contributed by atoms with Crippen molar-refractivity contribution in [3.05, 3.63) is 54.1 Å². The fraction of sp³-hybridized carbons (Fsp3) is 0.500. The number of benzene rings is 2. The van der Waals surface area contributed by atoms with Crippen molar-refractivity contribution in [1.82, 2.24) is 19.6 Å². The highest BCUT2D eigenvalue weighted by atomic mass is 16.5. The molecule has 1 atom stereocenters. The molecule has 3 saturated heterocycles. The monoisotopic (exact) mass is 515 g/mol. The predicted octanol–water partition coefficient (Wildman–Crippen LogP) is 4.80. The number of hydrogen-bond acceptors (Lipinski definition) is 5. The Morgan fingerprint density at radius 3 is 1.95 bits per heavy atom. The van der Waals surface area contributed by atoms with Crippen molar-refractivity contribution in [2.45, 2.75) is 44.6 Å². The Balaban J connectivity index is 1.10. The Kier molecular flexibility index (Phi) is 8.44. The van der Waals surface area contributed by atoms with Gasteiger partial charge in [-0.1, -0.05) is 24.3 Å². The number of carbonyl (C=O) groups excluding carboxylic acids is 2. The first-order valence-corrected chi connectivity index (χ1v) is 14.0. The smallest absolute Gasteiger partial charge is 0.328 e. The van der Waals surface area contributed by atoms with Gasteiger partial charge < -0.3 is 19.4 Å². The molecule has 2 aromatic rings. The molecule has 3 heterocycles. The summed E-state index contributed by atoms with van der Waals surface area (Å²) >= 11 is 0. The summed E-state index contributed by atoms with van der Waals surface area (Å²) in [6, 6.07) is 17.5. The third kappa shape index (κ3) is 6.11. The minimum absolute atomic E-state index is 0.0631. The molecule has 2 aromatic carbocycles. The van der Waals surface area contributed by atoms with Gasteiger partial charge in [-0.15, -0.1) is 0 Å². The molecule has 0 bridgehead atoms. The number of ether oxygens (including phenoxy) is 1. The molecule has 3 aliphatic heterocycles. The highest BCUT2D eigenvalue weighted by Crippen LogP contribution is 2.25. The molecule has 3 fully saturated rings. The lowest BCUT2D eigenvalue weighted by Crippen LogP contribution is -2.55. The summed E-state index contributed by atoms with van der Waals surface area (Å²) in [5, 5.41) is 8.97. The van der Waals surface area contributed by atoms with Crippen molar-refractivity contribution < 1.29 is 14.3 Å². The largest absolute Gasteiger partial charge is 0.494 e. The number of hydrogen-bond donors (Lipinski definition) is 0. The second-order valence-electron chi connectivity index (χ2n) is 10.5. The first-order valence-electron chi connectivity index (χ1n) is 14.0. The number of nitriles is 1. The van der Waals surface area contributed by atoms with Crippen molar-refractivity contribution in [2.75, 3.05) is 52.4 Å². The van der Waals surface area contributed by atoms with E-state index in [0.717, 1.165) is 101 Å². The number of amides is 4. The van der Waals surface area contributed by atoms with Gasteiger partial charge in [0.1, 0.15) is 5.75 Å². The normalized spacial score (nSPS) is 19.5. The van der Waals surface area contributed by atoms with Gasteiger partial charge in [0.25, 0.3) is 0 Å². The average Bonchev–Trinajstić information content (AvgIpc) is 3.75. The minimum Gasteiger partial charge on any atom is -0.494 e. The van der Waals surface area contributed by atoms with Crippen LogP contribution in [0.1, 0.15) is 44.1 Å². The van der Waals surface area contributed by atoms with E-state index in [-0.39, 0.29) is 18.1 Å². The summed E-state index contributed by atoms with van der Waals surface area (Å²) in [4.78, 5) is 34.4. The van der Waals surface area contributed by atoms with E-state index in [4.69, 9.17) is 10.00 Å². The molecule has 0 spiro atoms. The average molecular weight is 516 g/mol. The van der Waals surface area contributed by atoms with E-state index in [2.05, 4.69) is 11.0 Å². The van der Waals surface area contributed by atoms with E-state index in [0.29, 0.717) is 12.2 Å². The first kappa shape index (κ1) is 26.1. The molecule has 5 rings (SSSR count). The molecular formula is C30H37N5O3. The molecular weight excluding hydrogens is 478 g/mol. The van der Waals surface area contributed by atoms with Gasteiger partial charge >= 0.3 is 12.1 Å². The summed E-state index contributed by atoms with van der Waals surface area (Å²) in [7, 11) is 0. The van der Waals surface area contributed by atoms with E-state index in [9.17, 15) is 9.59 Å². The highest BCUT2D eigenvalue weighted by molar-refractivity contribution is 5.94. The molecule has 8 heteroatoms. The van der Waals surface area contributed by atoms with Crippen molar-refractivity contribution in [1.29, 1.82) is 5.26 Å². The standard InChI is InChI=1S/C30H37N5O3/c31-22-24-6-8-25(9-7-24)26-10-12-28(13-11-26)38-21-5-15-32-20-14-27(23-32)35(29(36)33-16-1-2-17-33)30(37)34-18-3-4-19-34/h6-13,27H,1-5,14-21,23H2/t27-/m1/s1. The summed E-state index contributed by atoms with van der Waals surface area (Å²) in [6.45, 7) is 6.13. The van der Waals surface area contributed by atoms with Crippen molar-refractivity contribution >= 4 is 12.1 Å². The maximum absolute atomic E-state index is 13.4. The number of likely N-dealkylation sites (tertiary alicyclic amines) is 3. The molecule has 38 heavy (non-hydrogen) atoms. The van der Waals surface area contributed by atoms with Crippen molar-refractivity contribution in [3.63, 3.8) is 0 Å². The molecule has 0 saturated carbocycles. The highest BCUT2D eigenvalue weighted by Gasteiger charge is 2.40. The molecule has 0 aromatic heterocycles. The van der Waals surface area contributed by atoms with E-state index in [1.807, 2.05) is 58.3 Å². The maximum atomic E-state index is 13.4. The number of rotatable bonds is 7. The van der Waals surface area contributed by atoms with E-state index >= 15 is 0 Å². The Bertz CT molecular complexity index is 1100. The first-order chi connectivity index (χ1) is 18.6. The van der Waals surface area contributed by atoms with Gasteiger partial charge in [0.2, 0.25) is 0 Å². The van der Waals surface area contributed by atoms with Crippen LogP contribution >= 0.6 is 0 Å². The maximum Gasteiger partial charge on any atom is 0.328 e. The number of imide groups is 1. The van der Waals surface area contributed by atoms with Crippen LogP contribution in [0.15, 0.2) is 48.5 Å². The molecule has 0 N–H and O–H groups in total. The van der Waals surface area contributed by atoms with Crippen LogP contribution in [0.25, 0.3) is 11.1 Å². The van der Waals surface area contributed by atoms with Crippen LogP contribution in [0.2, 0.25) is 0 Å². The molecule has 8 nitrogen and oxygen atoms in total. The second-order valence-corrected chi connectivity index (χ2v) is 10.5. The molecule has 0 radical (unpaired) electrons. The minimum atomic E-state index is -0.0981. The van der Waals surface area contributed by atoms with Gasteiger partial charge in [-0.3, -0.25) is 0 Å².